The highest BCUT2D eigenvalue weighted by Gasteiger charge is 2.08. The normalized spacial score (nSPS) is 14.9. The van der Waals surface area contributed by atoms with Crippen molar-refractivity contribution in [3.8, 4) is 0 Å². The van der Waals surface area contributed by atoms with Crippen LogP contribution < -0.4 is 16.6 Å². The average Bonchev–Trinajstić information content (AvgIpc) is 2.26. The van der Waals surface area contributed by atoms with Crippen LogP contribution in [0, 0.1) is 0 Å². The Kier molecular flexibility index (Phi) is 3.01. The first-order chi connectivity index (χ1) is 6.90. The van der Waals surface area contributed by atoms with Crippen LogP contribution >= 0.6 is 0 Å². The Morgan fingerprint density at radius 1 is 1.14 bits per heavy atom. The van der Waals surface area contributed by atoms with E-state index in [0.717, 1.165) is 5.69 Å². The van der Waals surface area contributed by atoms with Gasteiger partial charge in [-0.2, -0.15) is 0 Å². The molecule has 0 saturated heterocycles. The van der Waals surface area contributed by atoms with E-state index >= 15 is 0 Å². The lowest BCUT2D eigenvalue weighted by Crippen LogP contribution is -2.28. The van der Waals surface area contributed by atoms with Gasteiger partial charge in [0.2, 0.25) is 0 Å². The topological polar surface area (TPSA) is 50.1 Å². The highest BCUT2D eigenvalue weighted by molar-refractivity contribution is 5.49. The van der Waals surface area contributed by atoms with Crippen LogP contribution in [0.2, 0.25) is 0 Å². The molecule has 1 aliphatic carbocycles. The fourth-order valence-electron chi connectivity index (χ4n) is 2.00. The van der Waals surface area contributed by atoms with Gasteiger partial charge in [-0.25, -0.2) is 5.43 Å². The first kappa shape index (κ1) is 9.49. The summed E-state index contributed by atoms with van der Waals surface area (Å²) in [4.78, 5) is 0. The molecule has 3 heteroatoms. The van der Waals surface area contributed by atoms with Gasteiger partial charge in [0, 0.05) is 5.69 Å². The van der Waals surface area contributed by atoms with Gasteiger partial charge >= 0.3 is 0 Å². The Labute approximate surface area is 84.7 Å². The first-order valence-electron chi connectivity index (χ1n) is 5.19. The summed E-state index contributed by atoms with van der Waals surface area (Å²) in [6, 6.07) is 6.60. The molecule has 0 unspecified atom stereocenters. The number of nitrogens with one attached hydrogen (secondary N) is 2. The molecular weight excluding hydrogens is 174 g/mol. The maximum Gasteiger partial charge on any atom is 0.0780 e. The van der Waals surface area contributed by atoms with Gasteiger partial charge in [-0.3, -0.25) is 5.84 Å². The first-order valence-corrected chi connectivity index (χ1v) is 5.19. The molecule has 0 amide bonds. The summed E-state index contributed by atoms with van der Waals surface area (Å²) in [7, 11) is 0. The van der Waals surface area contributed by atoms with E-state index in [0.29, 0.717) is 6.67 Å². The summed E-state index contributed by atoms with van der Waals surface area (Å²) < 4.78 is 0. The standard InChI is InChI=1S/C11H17N3/c12-14-8-13-11-6-5-9-3-1-2-4-10(9)7-11/h5-7,13-14H,1-4,8,12H2. The fourth-order valence-corrected chi connectivity index (χ4v) is 2.00. The van der Waals surface area contributed by atoms with Gasteiger partial charge < -0.3 is 5.32 Å². The maximum atomic E-state index is 5.20. The van der Waals surface area contributed by atoms with Crippen molar-refractivity contribution in [1.29, 1.82) is 0 Å². The van der Waals surface area contributed by atoms with Gasteiger partial charge in [-0.05, 0) is 48.9 Å². The predicted molar refractivity (Wildman–Crippen MR) is 58.9 cm³/mol. The summed E-state index contributed by atoms with van der Waals surface area (Å²) in [6.07, 6.45) is 5.13. The van der Waals surface area contributed by atoms with Crippen LogP contribution in [0.15, 0.2) is 18.2 Å². The van der Waals surface area contributed by atoms with Crippen LogP contribution in [-0.4, -0.2) is 6.67 Å². The number of hydrogen-bond acceptors (Lipinski definition) is 3. The number of hydrazine groups is 1. The third-order valence-corrected chi connectivity index (χ3v) is 2.74. The maximum absolute atomic E-state index is 5.20. The molecule has 0 radical (unpaired) electrons. The molecule has 0 fully saturated rings. The zero-order chi connectivity index (χ0) is 9.80. The van der Waals surface area contributed by atoms with Gasteiger partial charge in [-0.1, -0.05) is 6.07 Å². The monoisotopic (exact) mass is 191 g/mol. The molecule has 1 aromatic rings. The molecule has 1 aliphatic rings. The Balaban J connectivity index is 2.12. The van der Waals surface area contributed by atoms with Gasteiger partial charge in [0.1, 0.15) is 0 Å². The number of hydrogen-bond donors (Lipinski definition) is 3. The summed E-state index contributed by atoms with van der Waals surface area (Å²) in [5, 5.41) is 3.21. The number of anilines is 1. The van der Waals surface area contributed by atoms with Crippen molar-refractivity contribution < 1.29 is 0 Å². The molecular formula is C11H17N3. The quantitative estimate of drug-likeness (QED) is 0.384. The molecule has 0 bridgehead atoms. The highest BCUT2D eigenvalue weighted by atomic mass is 15.3. The van der Waals surface area contributed by atoms with E-state index in [4.69, 9.17) is 5.84 Å². The molecule has 0 aromatic heterocycles. The largest absolute Gasteiger partial charge is 0.371 e. The minimum absolute atomic E-state index is 0.610. The molecule has 0 aliphatic heterocycles. The smallest absolute Gasteiger partial charge is 0.0780 e. The average molecular weight is 191 g/mol. The zero-order valence-corrected chi connectivity index (χ0v) is 8.34. The van der Waals surface area contributed by atoms with Crippen LogP contribution in [0.5, 0.6) is 0 Å². The molecule has 0 heterocycles. The molecule has 0 atom stereocenters. The molecule has 3 nitrogen and oxygen atoms in total. The molecule has 0 spiro atoms. The van der Waals surface area contributed by atoms with E-state index in [1.54, 1.807) is 0 Å². The van der Waals surface area contributed by atoms with Crippen molar-refractivity contribution in [2.24, 2.45) is 5.84 Å². The molecule has 76 valence electrons. The number of nitrogens with two attached hydrogens (primary N) is 1. The number of fused-ring (bicyclic) bond motifs is 1. The Hall–Kier alpha value is -1.06. The van der Waals surface area contributed by atoms with Gasteiger partial charge in [-0.15, -0.1) is 0 Å². The fraction of sp³-hybridized carbons (Fsp3) is 0.455. The van der Waals surface area contributed by atoms with Crippen molar-refractivity contribution in [3.63, 3.8) is 0 Å². The van der Waals surface area contributed by atoms with E-state index in [9.17, 15) is 0 Å². The minimum atomic E-state index is 0.610. The van der Waals surface area contributed by atoms with E-state index in [-0.39, 0.29) is 0 Å². The Bertz CT molecular complexity index is 309. The summed E-state index contributed by atoms with van der Waals surface area (Å²) in [5.74, 6) is 5.20. The van der Waals surface area contributed by atoms with Crippen molar-refractivity contribution in [3.05, 3.63) is 29.3 Å². The molecule has 0 saturated carbocycles. The Morgan fingerprint density at radius 3 is 2.71 bits per heavy atom. The molecule has 4 N–H and O–H groups in total. The number of benzene rings is 1. The summed E-state index contributed by atoms with van der Waals surface area (Å²) in [5.41, 5.74) is 6.76. The lowest BCUT2D eigenvalue weighted by atomic mass is 9.91. The van der Waals surface area contributed by atoms with Crippen LogP contribution in [0.25, 0.3) is 0 Å². The van der Waals surface area contributed by atoms with Crippen LogP contribution in [0.4, 0.5) is 5.69 Å². The van der Waals surface area contributed by atoms with Crippen molar-refractivity contribution in [2.75, 3.05) is 12.0 Å². The van der Waals surface area contributed by atoms with Gasteiger partial charge in [0.15, 0.2) is 0 Å². The molecule has 1 aromatic carbocycles. The zero-order valence-electron chi connectivity index (χ0n) is 8.34. The van der Waals surface area contributed by atoms with E-state index < -0.39 is 0 Å². The lowest BCUT2D eigenvalue weighted by Gasteiger charge is -2.17. The second-order valence-electron chi connectivity index (χ2n) is 3.75. The van der Waals surface area contributed by atoms with E-state index in [1.165, 1.54) is 36.8 Å². The Morgan fingerprint density at radius 2 is 1.93 bits per heavy atom. The van der Waals surface area contributed by atoms with Crippen LogP contribution in [0.3, 0.4) is 0 Å². The predicted octanol–water partition coefficient (Wildman–Crippen LogP) is 1.40. The number of rotatable bonds is 3. The second kappa shape index (κ2) is 4.44. The minimum Gasteiger partial charge on any atom is -0.371 e. The van der Waals surface area contributed by atoms with Crippen molar-refractivity contribution in [1.82, 2.24) is 5.43 Å². The van der Waals surface area contributed by atoms with Crippen molar-refractivity contribution in [2.45, 2.75) is 25.7 Å². The van der Waals surface area contributed by atoms with Gasteiger partial charge in [0.05, 0.1) is 6.67 Å². The summed E-state index contributed by atoms with van der Waals surface area (Å²) >= 11 is 0. The van der Waals surface area contributed by atoms with Crippen LogP contribution in [0.1, 0.15) is 24.0 Å². The van der Waals surface area contributed by atoms with E-state index in [1.807, 2.05) is 0 Å². The highest BCUT2D eigenvalue weighted by Crippen LogP contribution is 2.23. The van der Waals surface area contributed by atoms with Crippen LogP contribution in [-0.2, 0) is 12.8 Å². The SMILES string of the molecule is NNCNc1ccc2c(c1)CCCC2. The second-order valence-corrected chi connectivity index (χ2v) is 3.75. The number of aryl methyl sites for hydroxylation is 2. The lowest BCUT2D eigenvalue weighted by molar-refractivity contribution is 0.685. The third kappa shape index (κ3) is 2.05. The van der Waals surface area contributed by atoms with E-state index in [2.05, 4.69) is 28.9 Å². The molecule has 14 heavy (non-hydrogen) atoms. The van der Waals surface area contributed by atoms with Crippen molar-refractivity contribution >= 4 is 5.69 Å². The third-order valence-electron chi connectivity index (χ3n) is 2.74. The summed E-state index contributed by atoms with van der Waals surface area (Å²) in [6.45, 7) is 0.610. The molecule has 2 rings (SSSR count). The van der Waals surface area contributed by atoms with Gasteiger partial charge in [0.25, 0.3) is 0 Å².